The van der Waals surface area contributed by atoms with Gasteiger partial charge in [0.15, 0.2) is 5.58 Å². The van der Waals surface area contributed by atoms with Crippen molar-refractivity contribution in [3.05, 3.63) is 34.3 Å². The Morgan fingerprint density at radius 2 is 2.25 bits per heavy atom. The van der Waals surface area contributed by atoms with Crippen molar-refractivity contribution >= 4 is 17.1 Å². The van der Waals surface area contributed by atoms with Gasteiger partial charge in [0.25, 0.3) is 0 Å². The van der Waals surface area contributed by atoms with Crippen LogP contribution in [0.1, 0.15) is 18.4 Å². The molecule has 0 bridgehead atoms. The maximum Gasteiger partial charge on any atom is 0.417 e. The minimum Gasteiger partial charge on any atom is -0.481 e. The molecular formula is C11H11NO4. The number of fused-ring (bicyclic) bond motifs is 1. The zero-order valence-electron chi connectivity index (χ0n) is 8.53. The smallest absolute Gasteiger partial charge is 0.417 e. The number of hydrogen-bond acceptors (Lipinski definition) is 3. The summed E-state index contributed by atoms with van der Waals surface area (Å²) in [4.78, 5) is 23.8. The van der Waals surface area contributed by atoms with E-state index in [9.17, 15) is 9.59 Å². The van der Waals surface area contributed by atoms with Crippen LogP contribution < -0.4 is 5.76 Å². The molecular weight excluding hydrogens is 210 g/mol. The van der Waals surface area contributed by atoms with Gasteiger partial charge >= 0.3 is 11.7 Å². The lowest BCUT2D eigenvalue weighted by Gasteiger charge is -1.98. The molecule has 0 radical (unpaired) electrons. The molecule has 0 amide bonds. The van der Waals surface area contributed by atoms with E-state index in [1.165, 1.54) is 0 Å². The number of oxazole rings is 1. The maximum absolute atomic E-state index is 10.9. The predicted octanol–water partition coefficient (Wildman–Crippen LogP) is 1.53. The van der Waals surface area contributed by atoms with Gasteiger partial charge < -0.3 is 9.52 Å². The summed E-state index contributed by atoms with van der Waals surface area (Å²) in [5.74, 6) is -1.27. The molecule has 5 heteroatoms. The highest BCUT2D eigenvalue weighted by molar-refractivity contribution is 5.72. The fraction of sp³-hybridized carbons (Fsp3) is 0.273. The molecule has 0 saturated heterocycles. The highest BCUT2D eigenvalue weighted by atomic mass is 16.4. The van der Waals surface area contributed by atoms with Gasteiger partial charge in [-0.3, -0.25) is 9.78 Å². The molecule has 2 rings (SSSR count). The molecule has 1 aromatic heterocycles. The largest absolute Gasteiger partial charge is 0.481 e. The van der Waals surface area contributed by atoms with Crippen molar-refractivity contribution in [2.75, 3.05) is 0 Å². The zero-order chi connectivity index (χ0) is 11.5. The van der Waals surface area contributed by atoms with Gasteiger partial charge in [0.2, 0.25) is 0 Å². The number of aryl methyl sites for hydroxylation is 1. The van der Waals surface area contributed by atoms with Crippen molar-refractivity contribution < 1.29 is 14.3 Å². The molecule has 16 heavy (non-hydrogen) atoms. The van der Waals surface area contributed by atoms with Crippen molar-refractivity contribution in [2.45, 2.75) is 19.3 Å². The minimum atomic E-state index is -0.794. The topological polar surface area (TPSA) is 83.3 Å². The standard InChI is InChI=1S/C11H11NO4/c13-10(14)3-1-2-7-4-5-9-8(6-7)12-11(15)16-9/h4-6H,1-3H2,(H,12,15)(H,13,14). The van der Waals surface area contributed by atoms with E-state index in [2.05, 4.69) is 4.98 Å². The van der Waals surface area contributed by atoms with E-state index in [4.69, 9.17) is 9.52 Å². The van der Waals surface area contributed by atoms with E-state index in [0.717, 1.165) is 5.56 Å². The fourth-order valence-electron chi connectivity index (χ4n) is 1.60. The van der Waals surface area contributed by atoms with Crippen LogP contribution in [0.4, 0.5) is 0 Å². The first-order valence-electron chi connectivity index (χ1n) is 4.99. The van der Waals surface area contributed by atoms with Crippen LogP contribution in [-0.2, 0) is 11.2 Å². The summed E-state index contributed by atoms with van der Waals surface area (Å²) < 4.78 is 4.86. The molecule has 84 valence electrons. The number of aliphatic carboxylic acids is 1. The van der Waals surface area contributed by atoms with Gasteiger partial charge in [-0.25, -0.2) is 4.79 Å². The summed E-state index contributed by atoms with van der Waals surface area (Å²) in [7, 11) is 0. The number of carboxylic acids is 1. The monoisotopic (exact) mass is 221 g/mol. The number of aromatic amines is 1. The van der Waals surface area contributed by atoms with Crippen LogP contribution in [0.3, 0.4) is 0 Å². The summed E-state index contributed by atoms with van der Waals surface area (Å²) >= 11 is 0. The number of carbonyl (C=O) groups is 1. The summed E-state index contributed by atoms with van der Waals surface area (Å²) in [5.41, 5.74) is 2.16. The Morgan fingerprint density at radius 3 is 3.00 bits per heavy atom. The summed E-state index contributed by atoms with van der Waals surface area (Å²) in [5, 5.41) is 8.50. The average Bonchev–Trinajstić information content (AvgIpc) is 2.56. The van der Waals surface area contributed by atoms with Crippen LogP contribution in [0.25, 0.3) is 11.1 Å². The predicted molar refractivity (Wildman–Crippen MR) is 57.4 cm³/mol. The number of H-pyrrole nitrogens is 1. The first kappa shape index (κ1) is 10.5. The highest BCUT2D eigenvalue weighted by Gasteiger charge is 2.03. The van der Waals surface area contributed by atoms with Crippen LogP contribution in [0.2, 0.25) is 0 Å². The molecule has 0 aliphatic carbocycles. The third-order valence-electron chi connectivity index (χ3n) is 2.34. The summed E-state index contributed by atoms with van der Waals surface area (Å²) in [6.07, 6.45) is 1.41. The van der Waals surface area contributed by atoms with Gasteiger partial charge in [0.1, 0.15) is 0 Å². The lowest BCUT2D eigenvalue weighted by Crippen LogP contribution is -1.96. The number of carboxylic acid groups (broad SMARTS) is 1. The fourth-order valence-corrected chi connectivity index (χ4v) is 1.60. The third kappa shape index (κ3) is 2.31. The van der Waals surface area contributed by atoms with Crippen LogP contribution in [0, 0.1) is 0 Å². The SMILES string of the molecule is O=C(O)CCCc1ccc2oc(=O)[nH]c2c1. The highest BCUT2D eigenvalue weighted by Crippen LogP contribution is 2.14. The van der Waals surface area contributed by atoms with Crippen molar-refractivity contribution in [1.82, 2.24) is 4.98 Å². The zero-order valence-corrected chi connectivity index (χ0v) is 8.53. The quantitative estimate of drug-likeness (QED) is 0.820. The molecule has 1 aromatic carbocycles. The van der Waals surface area contributed by atoms with Crippen LogP contribution >= 0.6 is 0 Å². The molecule has 0 saturated carbocycles. The Labute approximate surface area is 90.7 Å². The normalized spacial score (nSPS) is 10.8. The Morgan fingerprint density at radius 1 is 1.44 bits per heavy atom. The van der Waals surface area contributed by atoms with Crippen LogP contribution in [-0.4, -0.2) is 16.1 Å². The maximum atomic E-state index is 10.9. The molecule has 0 aliphatic rings. The molecule has 0 atom stereocenters. The molecule has 0 fully saturated rings. The molecule has 2 aromatic rings. The Kier molecular flexibility index (Phi) is 2.76. The second-order valence-electron chi connectivity index (χ2n) is 3.59. The van der Waals surface area contributed by atoms with E-state index in [0.29, 0.717) is 23.9 Å². The second-order valence-corrected chi connectivity index (χ2v) is 3.59. The lowest BCUT2D eigenvalue weighted by atomic mass is 10.1. The minimum absolute atomic E-state index is 0.153. The number of hydrogen-bond donors (Lipinski definition) is 2. The van der Waals surface area contributed by atoms with Crippen molar-refractivity contribution in [1.29, 1.82) is 0 Å². The Bertz CT molecular complexity index is 567. The first-order chi connectivity index (χ1) is 7.65. The molecule has 1 heterocycles. The van der Waals surface area contributed by atoms with Crippen molar-refractivity contribution in [3.8, 4) is 0 Å². The third-order valence-corrected chi connectivity index (χ3v) is 2.34. The van der Waals surface area contributed by atoms with Gasteiger partial charge in [-0.15, -0.1) is 0 Å². The van der Waals surface area contributed by atoms with Gasteiger partial charge in [-0.05, 0) is 30.5 Å². The average molecular weight is 221 g/mol. The van der Waals surface area contributed by atoms with Gasteiger partial charge in [0.05, 0.1) is 5.52 Å². The summed E-state index contributed by atoms with van der Waals surface area (Å²) in [6, 6.07) is 5.35. The molecule has 2 N–H and O–H groups in total. The number of nitrogens with one attached hydrogen (secondary N) is 1. The second kappa shape index (κ2) is 4.22. The number of benzene rings is 1. The van der Waals surface area contributed by atoms with Crippen LogP contribution in [0.15, 0.2) is 27.4 Å². The summed E-state index contributed by atoms with van der Waals surface area (Å²) in [6.45, 7) is 0. The van der Waals surface area contributed by atoms with Crippen LogP contribution in [0.5, 0.6) is 0 Å². The van der Waals surface area contributed by atoms with Crippen molar-refractivity contribution in [3.63, 3.8) is 0 Å². The van der Waals surface area contributed by atoms with Gasteiger partial charge in [0, 0.05) is 6.42 Å². The molecule has 0 aliphatic heterocycles. The van der Waals surface area contributed by atoms with E-state index < -0.39 is 11.7 Å². The van der Waals surface area contributed by atoms with Gasteiger partial charge in [-0.2, -0.15) is 0 Å². The Hall–Kier alpha value is -2.04. The lowest BCUT2D eigenvalue weighted by molar-refractivity contribution is -0.137. The van der Waals surface area contributed by atoms with E-state index in [1.54, 1.807) is 6.07 Å². The molecule has 0 unspecified atom stereocenters. The molecule has 5 nitrogen and oxygen atoms in total. The van der Waals surface area contributed by atoms with E-state index in [-0.39, 0.29) is 6.42 Å². The van der Waals surface area contributed by atoms with Crippen molar-refractivity contribution in [2.24, 2.45) is 0 Å². The molecule has 0 spiro atoms. The first-order valence-corrected chi connectivity index (χ1v) is 4.99. The van der Waals surface area contributed by atoms with E-state index >= 15 is 0 Å². The number of rotatable bonds is 4. The number of aromatic nitrogens is 1. The Balaban J connectivity index is 2.13. The van der Waals surface area contributed by atoms with E-state index in [1.807, 2.05) is 12.1 Å². The van der Waals surface area contributed by atoms with Gasteiger partial charge in [-0.1, -0.05) is 6.07 Å².